The van der Waals surface area contributed by atoms with E-state index >= 15 is 0 Å². The van der Waals surface area contributed by atoms with Gasteiger partial charge in [0.25, 0.3) is 0 Å². The van der Waals surface area contributed by atoms with Crippen LogP contribution in [0.1, 0.15) is 18.4 Å². The maximum Gasteiger partial charge on any atom is 0.227 e. The molecule has 22 heavy (non-hydrogen) atoms. The summed E-state index contributed by atoms with van der Waals surface area (Å²) in [5, 5.41) is 3.76. The Morgan fingerprint density at radius 3 is 3.05 bits per heavy atom. The van der Waals surface area contributed by atoms with Gasteiger partial charge in [-0.3, -0.25) is 4.79 Å². The van der Waals surface area contributed by atoms with Crippen molar-refractivity contribution in [2.45, 2.75) is 25.3 Å². The number of benzene rings is 1. The predicted molar refractivity (Wildman–Crippen MR) is 84.8 cm³/mol. The number of halogens is 1. The van der Waals surface area contributed by atoms with E-state index in [1.807, 2.05) is 18.0 Å². The van der Waals surface area contributed by atoms with Crippen molar-refractivity contribution >= 4 is 17.5 Å². The van der Waals surface area contributed by atoms with E-state index in [9.17, 15) is 4.79 Å². The first-order valence-electron chi connectivity index (χ1n) is 7.70. The van der Waals surface area contributed by atoms with Crippen molar-refractivity contribution in [1.29, 1.82) is 0 Å². The van der Waals surface area contributed by atoms with E-state index in [1.165, 1.54) is 0 Å². The van der Waals surface area contributed by atoms with Gasteiger partial charge in [0.05, 0.1) is 11.4 Å². The third-order valence-electron chi connectivity index (χ3n) is 4.19. The van der Waals surface area contributed by atoms with Crippen molar-refractivity contribution in [1.82, 2.24) is 10.2 Å². The highest BCUT2D eigenvalue weighted by Crippen LogP contribution is 2.38. The molecule has 0 aromatic heterocycles. The Bertz CT molecular complexity index is 565. The van der Waals surface area contributed by atoms with Gasteiger partial charge in [-0.2, -0.15) is 0 Å². The Balaban J connectivity index is 1.70. The van der Waals surface area contributed by atoms with E-state index in [4.69, 9.17) is 21.1 Å². The molecule has 6 heteroatoms. The molecule has 0 aliphatic carbocycles. The second kappa shape index (κ2) is 6.75. The SMILES string of the molecule is CNC1CCCN(C(=O)Cc2cc(Cl)c3c(c2)OCCO3)C1. The Kier molecular flexibility index (Phi) is 4.74. The molecule has 120 valence electrons. The van der Waals surface area contributed by atoms with E-state index < -0.39 is 0 Å². The van der Waals surface area contributed by atoms with Gasteiger partial charge in [0.1, 0.15) is 13.2 Å². The lowest BCUT2D eigenvalue weighted by Gasteiger charge is -2.32. The molecule has 2 aliphatic rings. The highest BCUT2D eigenvalue weighted by atomic mass is 35.5. The predicted octanol–water partition coefficient (Wildman–Crippen LogP) is 1.86. The second-order valence-corrected chi connectivity index (χ2v) is 6.15. The molecule has 1 saturated heterocycles. The van der Waals surface area contributed by atoms with Crippen LogP contribution in [0.15, 0.2) is 12.1 Å². The minimum atomic E-state index is 0.132. The average molecular weight is 325 g/mol. The van der Waals surface area contributed by atoms with Gasteiger partial charge in [0, 0.05) is 19.1 Å². The van der Waals surface area contributed by atoms with Crippen LogP contribution < -0.4 is 14.8 Å². The zero-order chi connectivity index (χ0) is 15.5. The lowest BCUT2D eigenvalue weighted by Crippen LogP contribution is -2.47. The number of nitrogens with one attached hydrogen (secondary N) is 1. The molecule has 1 N–H and O–H groups in total. The first-order valence-corrected chi connectivity index (χ1v) is 8.08. The van der Waals surface area contributed by atoms with E-state index in [2.05, 4.69) is 5.32 Å². The summed E-state index contributed by atoms with van der Waals surface area (Å²) in [5.41, 5.74) is 0.867. The maximum atomic E-state index is 12.5. The van der Waals surface area contributed by atoms with Gasteiger partial charge in [-0.25, -0.2) is 0 Å². The highest BCUT2D eigenvalue weighted by Gasteiger charge is 2.24. The summed E-state index contributed by atoms with van der Waals surface area (Å²) in [4.78, 5) is 14.4. The third kappa shape index (κ3) is 3.31. The van der Waals surface area contributed by atoms with Crippen LogP contribution in [0.2, 0.25) is 5.02 Å². The van der Waals surface area contributed by atoms with Gasteiger partial charge in [-0.15, -0.1) is 0 Å². The Morgan fingerprint density at radius 2 is 2.23 bits per heavy atom. The summed E-state index contributed by atoms with van der Waals surface area (Å²) in [5.74, 6) is 1.35. The molecule has 1 atom stereocenters. The fourth-order valence-electron chi connectivity index (χ4n) is 2.99. The number of amides is 1. The van der Waals surface area contributed by atoms with Gasteiger partial charge in [0.15, 0.2) is 11.5 Å². The van der Waals surface area contributed by atoms with Crippen molar-refractivity contribution in [3.63, 3.8) is 0 Å². The second-order valence-electron chi connectivity index (χ2n) is 5.75. The van der Waals surface area contributed by atoms with Crippen molar-refractivity contribution in [3.8, 4) is 11.5 Å². The quantitative estimate of drug-likeness (QED) is 0.922. The molecule has 0 bridgehead atoms. The Morgan fingerprint density at radius 1 is 1.41 bits per heavy atom. The lowest BCUT2D eigenvalue weighted by molar-refractivity contribution is -0.131. The van der Waals surface area contributed by atoms with Crippen molar-refractivity contribution in [3.05, 3.63) is 22.7 Å². The number of carbonyl (C=O) groups is 1. The molecule has 2 aliphatic heterocycles. The summed E-state index contributed by atoms with van der Waals surface area (Å²) in [6.45, 7) is 2.61. The Hall–Kier alpha value is -1.46. The number of nitrogens with zero attached hydrogens (tertiary/aromatic N) is 1. The topological polar surface area (TPSA) is 50.8 Å². The summed E-state index contributed by atoms with van der Waals surface area (Å²) in [6, 6.07) is 4.05. The van der Waals surface area contributed by atoms with Crippen molar-refractivity contribution < 1.29 is 14.3 Å². The number of carbonyl (C=O) groups excluding carboxylic acids is 1. The van der Waals surface area contributed by atoms with Crippen LogP contribution in [0, 0.1) is 0 Å². The molecular formula is C16H21ClN2O3. The molecule has 1 aromatic carbocycles. The molecule has 1 amide bonds. The molecule has 0 radical (unpaired) electrons. The van der Waals surface area contributed by atoms with E-state index in [1.54, 1.807) is 6.07 Å². The summed E-state index contributed by atoms with van der Waals surface area (Å²) < 4.78 is 11.1. The van der Waals surface area contributed by atoms with Crippen LogP contribution in [0.25, 0.3) is 0 Å². The average Bonchev–Trinajstić information content (AvgIpc) is 2.55. The summed E-state index contributed by atoms with van der Waals surface area (Å²) >= 11 is 6.22. The maximum absolute atomic E-state index is 12.5. The first-order chi connectivity index (χ1) is 10.7. The number of rotatable bonds is 3. The number of ether oxygens (including phenoxy) is 2. The zero-order valence-electron chi connectivity index (χ0n) is 12.7. The molecule has 1 fully saturated rings. The number of hydrogen-bond acceptors (Lipinski definition) is 4. The minimum Gasteiger partial charge on any atom is -0.486 e. The number of piperidine rings is 1. The number of likely N-dealkylation sites (N-methyl/N-ethyl adjacent to an activating group) is 1. The first kappa shape index (κ1) is 15.4. The molecule has 1 aromatic rings. The number of likely N-dealkylation sites (tertiary alicyclic amines) is 1. The fraction of sp³-hybridized carbons (Fsp3) is 0.562. The van der Waals surface area contributed by atoms with Crippen LogP contribution in [0.5, 0.6) is 11.5 Å². The van der Waals surface area contributed by atoms with Crippen LogP contribution in [-0.2, 0) is 11.2 Å². The van der Waals surface area contributed by atoms with E-state index in [0.29, 0.717) is 42.2 Å². The van der Waals surface area contributed by atoms with Crippen molar-refractivity contribution in [2.75, 3.05) is 33.4 Å². The fourth-order valence-corrected chi connectivity index (χ4v) is 3.28. The van der Waals surface area contributed by atoms with Crippen LogP contribution >= 0.6 is 11.6 Å². The van der Waals surface area contributed by atoms with Gasteiger partial charge in [-0.1, -0.05) is 11.6 Å². The lowest BCUT2D eigenvalue weighted by atomic mass is 10.0. The van der Waals surface area contributed by atoms with Gasteiger partial charge in [0.2, 0.25) is 5.91 Å². The van der Waals surface area contributed by atoms with Crippen LogP contribution in [-0.4, -0.2) is 50.2 Å². The molecule has 5 nitrogen and oxygen atoms in total. The molecule has 0 spiro atoms. The van der Waals surface area contributed by atoms with Crippen LogP contribution in [0.4, 0.5) is 0 Å². The molecular weight excluding hydrogens is 304 g/mol. The van der Waals surface area contributed by atoms with Gasteiger partial charge >= 0.3 is 0 Å². The third-order valence-corrected chi connectivity index (χ3v) is 4.48. The largest absolute Gasteiger partial charge is 0.486 e. The summed E-state index contributed by atoms with van der Waals surface area (Å²) in [7, 11) is 1.94. The normalized spacial score (nSPS) is 20.8. The Labute approximate surface area is 135 Å². The number of hydrogen-bond donors (Lipinski definition) is 1. The molecule has 2 heterocycles. The van der Waals surface area contributed by atoms with Gasteiger partial charge < -0.3 is 19.7 Å². The monoisotopic (exact) mass is 324 g/mol. The highest BCUT2D eigenvalue weighted by molar-refractivity contribution is 6.32. The van der Waals surface area contributed by atoms with Crippen molar-refractivity contribution in [2.24, 2.45) is 0 Å². The minimum absolute atomic E-state index is 0.132. The van der Waals surface area contributed by atoms with E-state index in [-0.39, 0.29) is 5.91 Å². The standard InChI is InChI=1S/C16H21ClN2O3/c1-18-12-3-2-4-19(10-12)15(20)9-11-7-13(17)16-14(8-11)21-5-6-22-16/h7-8,12,18H,2-6,9-10H2,1H3. The van der Waals surface area contributed by atoms with Gasteiger partial charge in [-0.05, 0) is 37.6 Å². The molecule has 3 rings (SSSR count). The molecule has 1 unspecified atom stereocenters. The van der Waals surface area contributed by atoms with Crippen LogP contribution in [0.3, 0.4) is 0 Å². The molecule has 0 saturated carbocycles. The summed E-state index contributed by atoms with van der Waals surface area (Å²) in [6.07, 6.45) is 2.50. The number of fused-ring (bicyclic) bond motifs is 1. The van der Waals surface area contributed by atoms with E-state index in [0.717, 1.165) is 31.5 Å². The smallest absolute Gasteiger partial charge is 0.227 e. The zero-order valence-corrected chi connectivity index (χ0v) is 13.5.